The lowest BCUT2D eigenvalue weighted by Gasteiger charge is -2.19. The van der Waals surface area contributed by atoms with Crippen LogP contribution >= 0.6 is 24.2 Å². The Kier molecular flexibility index (Phi) is 9.89. The molecular formula is C15H23ClN2O3S. The predicted molar refractivity (Wildman–Crippen MR) is 91.3 cm³/mol. The van der Waals surface area contributed by atoms with Gasteiger partial charge in [-0.25, -0.2) is 0 Å². The van der Waals surface area contributed by atoms with Crippen molar-refractivity contribution >= 4 is 36.0 Å². The van der Waals surface area contributed by atoms with Gasteiger partial charge in [-0.05, 0) is 30.9 Å². The number of hydrogen-bond acceptors (Lipinski definition) is 5. The van der Waals surface area contributed by atoms with Crippen molar-refractivity contribution in [3.8, 4) is 0 Å². The van der Waals surface area contributed by atoms with Crippen LogP contribution in [-0.2, 0) is 14.3 Å². The van der Waals surface area contributed by atoms with Crippen LogP contribution in [0.4, 0.5) is 0 Å². The molecule has 0 aromatic heterocycles. The Bertz CT molecular complexity index is 480. The first kappa shape index (κ1) is 20.8. The largest absolute Gasteiger partial charge is 0.469 e. The fourth-order valence-electron chi connectivity index (χ4n) is 1.88. The number of thioether (sulfide) groups is 1. The highest BCUT2D eigenvalue weighted by Gasteiger charge is 2.19. The van der Waals surface area contributed by atoms with Crippen molar-refractivity contribution in [3.63, 3.8) is 0 Å². The molecule has 0 fully saturated rings. The van der Waals surface area contributed by atoms with E-state index in [9.17, 15) is 9.59 Å². The van der Waals surface area contributed by atoms with E-state index >= 15 is 0 Å². The third kappa shape index (κ3) is 7.15. The normalized spacial score (nSPS) is 12.7. The third-order valence-electron chi connectivity index (χ3n) is 2.96. The number of halogens is 1. The van der Waals surface area contributed by atoms with Crippen LogP contribution in [0.2, 0.25) is 0 Å². The molecule has 0 bridgehead atoms. The van der Waals surface area contributed by atoms with Gasteiger partial charge >= 0.3 is 5.97 Å². The van der Waals surface area contributed by atoms with E-state index in [0.717, 1.165) is 10.5 Å². The highest BCUT2D eigenvalue weighted by molar-refractivity contribution is 7.98. The smallest absolute Gasteiger partial charge is 0.307 e. The molecule has 0 saturated heterocycles. The highest BCUT2D eigenvalue weighted by atomic mass is 35.5. The monoisotopic (exact) mass is 346 g/mol. The summed E-state index contributed by atoms with van der Waals surface area (Å²) < 4.78 is 4.69. The van der Waals surface area contributed by atoms with E-state index in [1.54, 1.807) is 18.7 Å². The van der Waals surface area contributed by atoms with E-state index in [0.29, 0.717) is 0 Å². The minimum atomic E-state index is -0.403. The molecule has 2 unspecified atom stereocenters. The molecule has 0 aliphatic heterocycles. The summed E-state index contributed by atoms with van der Waals surface area (Å²) in [4.78, 5) is 24.5. The van der Waals surface area contributed by atoms with Gasteiger partial charge in [0, 0.05) is 17.4 Å². The number of carbonyl (C=O) groups excluding carboxylic acids is 2. The highest BCUT2D eigenvalue weighted by Crippen LogP contribution is 2.21. The van der Waals surface area contributed by atoms with Gasteiger partial charge in [-0.3, -0.25) is 9.59 Å². The zero-order chi connectivity index (χ0) is 15.8. The van der Waals surface area contributed by atoms with Crippen molar-refractivity contribution in [1.29, 1.82) is 0 Å². The molecule has 1 aromatic rings. The Morgan fingerprint density at radius 2 is 1.86 bits per heavy atom. The van der Waals surface area contributed by atoms with Crippen molar-refractivity contribution in [2.24, 2.45) is 5.73 Å². The van der Waals surface area contributed by atoms with Gasteiger partial charge in [-0.15, -0.1) is 24.2 Å². The topological polar surface area (TPSA) is 81.4 Å². The fourth-order valence-corrected chi connectivity index (χ4v) is 2.29. The summed E-state index contributed by atoms with van der Waals surface area (Å²) in [5, 5.41) is 2.84. The lowest BCUT2D eigenvalue weighted by molar-refractivity contribution is -0.141. The molecule has 22 heavy (non-hydrogen) atoms. The average molecular weight is 347 g/mol. The van der Waals surface area contributed by atoms with Crippen molar-refractivity contribution < 1.29 is 14.3 Å². The molecule has 1 aromatic carbocycles. The van der Waals surface area contributed by atoms with Gasteiger partial charge in [0.05, 0.1) is 19.6 Å². The number of nitrogens with two attached hydrogens (primary N) is 1. The molecule has 0 radical (unpaired) electrons. The number of amides is 1. The second kappa shape index (κ2) is 10.5. The van der Waals surface area contributed by atoms with Crippen LogP contribution in [0.15, 0.2) is 29.2 Å². The number of benzene rings is 1. The lowest BCUT2D eigenvalue weighted by Crippen LogP contribution is -2.34. The van der Waals surface area contributed by atoms with E-state index in [1.807, 2.05) is 30.5 Å². The fraction of sp³-hybridized carbons (Fsp3) is 0.467. The molecule has 1 rings (SSSR count). The van der Waals surface area contributed by atoms with Crippen LogP contribution in [0.25, 0.3) is 0 Å². The van der Waals surface area contributed by atoms with Crippen LogP contribution in [0.1, 0.15) is 31.4 Å². The van der Waals surface area contributed by atoms with Crippen LogP contribution in [0, 0.1) is 0 Å². The Morgan fingerprint density at radius 3 is 2.32 bits per heavy atom. The summed E-state index contributed by atoms with van der Waals surface area (Å²) >= 11 is 1.63. The number of ether oxygens (including phenoxy) is 1. The summed E-state index contributed by atoms with van der Waals surface area (Å²) in [5.41, 5.74) is 6.49. The number of carbonyl (C=O) groups is 2. The summed E-state index contributed by atoms with van der Waals surface area (Å²) in [5.74, 6) is -0.539. The van der Waals surface area contributed by atoms with Gasteiger partial charge in [-0.2, -0.15) is 0 Å². The lowest BCUT2D eigenvalue weighted by atomic mass is 10.0. The number of esters is 1. The summed E-state index contributed by atoms with van der Waals surface area (Å²) in [6.07, 6.45) is 2.31. The zero-order valence-electron chi connectivity index (χ0n) is 13.0. The summed E-state index contributed by atoms with van der Waals surface area (Å²) in [7, 11) is 1.33. The molecule has 0 spiro atoms. The van der Waals surface area contributed by atoms with E-state index in [-0.39, 0.29) is 43.2 Å². The molecule has 1 amide bonds. The Hall–Kier alpha value is -1.24. The third-order valence-corrected chi connectivity index (χ3v) is 3.70. The molecule has 124 valence electrons. The van der Waals surface area contributed by atoms with Crippen molar-refractivity contribution in [2.45, 2.75) is 36.7 Å². The first-order valence-corrected chi connectivity index (χ1v) is 7.94. The van der Waals surface area contributed by atoms with Gasteiger partial charge in [0.15, 0.2) is 0 Å². The van der Waals surface area contributed by atoms with Crippen LogP contribution in [0.5, 0.6) is 0 Å². The Labute approximate surface area is 141 Å². The minimum absolute atomic E-state index is 0. The van der Waals surface area contributed by atoms with E-state index in [2.05, 4.69) is 5.32 Å². The first-order valence-electron chi connectivity index (χ1n) is 6.72. The molecule has 0 heterocycles. The molecule has 2 atom stereocenters. The SMILES string of the molecule is COC(=O)CC(NC(=O)CC(C)N)c1ccc(SC)cc1.Cl. The van der Waals surface area contributed by atoms with E-state index < -0.39 is 6.04 Å². The molecule has 0 saturated carbocycles. The molecule has 5 nitrogen and oxygen atoms in total. The maximum atomic E-state index is 11.9. The minimum Gasteiger partial charge on any atom is -0.469 e. The summed E-state index contributed by atoms with van der Waals surface area (Å²) in [6.45, 7) is 1.77. The molecular weight excluding hydrogens is 324 g/mol. The van der Waals surface area contributed by atoms with Crippen LogP contribution in [0.3, 0.4) is 0 Å². The van der Waals surface area contributed by atoms with Gasteiger partial charge in [0.25, 0.3) is 0 Å². The zero-order valence-corrected chi connectivity index (χ0v) is 14.6. The maximum absolute atomic E-state index is 11.9. The predicted octanol–water partition coefficient (Wildman–Crippen LogP) is 2.29. The Balaban J connectivity index is 0.00000441. The average Bonchev–Trinajstić information content (AvgIpc) is 2.45. The number of rotatable bonds is 7. The molecule has 0 aliphatic rings. The Morgan fingerprint density at radius 1 is 1.27 bits per heavy atom. The first-order chi connectivity index (χ1) is 9.96. The van der Waals surface area contributed by atoms with Crippen LogP contribution in [-0.4, -0.2) is 31.3 Å². The molecule has 3 N–H and O–H groups in total. The van der Waals surface area contributed by atoms with Crippen molar-refractivity contribution in [1.82, 2.24) is 5.32 Å². The quantitative estimate of drug-likeness (QED) is 0.584. The molecule has 7 heteroatoms. The van der Waals surface area contributed by atoms with E-state index in [1.165, 1.54) is 7.11 Å². The number of hydrogen-bond donors (Lipinski definition) is 2. The number of methoxy groups -OCH3 is 1. The van der Waals surface area contributed by atoms with Gasteiger partial charge < -0.3 is 15.8 Å². The van der Waals surface area contributed by atoms with Gasteiger partial charge in [-0.1, -0.05) is 12.1 Å². The molecule has 0 aliphatic carbocycles. The summed E-state index contributed by atoms with van der Waals surface area (Å²) in [6, 6.07) is 7.11. The van der Waals surface area contributed by atoms with Gasteiger partial charge in [0.2, 0.25) is 5.91 Å². The van der Waals surface area contributed by atoms with Crippen molar-refractivity contribution in [3.05, 3.63) is 29.8 Å². The second-order valence-corrected chi connectivity index (χ2v) is 5.73. The standard InChI is InChI=1S/C15H22N2O3S.ClH/c1-10(16)8-14(18)17-13(9-15(19)20-2)11-4-6-12(21-3)7-5-11;/h4-7,10,13H,8-9,16H2,1-3H3,(H,17,18);1H. The maximum Gasteiger partial charge on any atom is 0.307 e. The van der Waals surface area contributed by atoms with Crippen molar-refractivity contribution in [2.75, 3.05) is 13.4 Å². The second-order valence-electron chi connectivity index (χ2n) is 4.85. The van der Waals surface area contributed by atoms with E-state index in [4.69, 9.17) is 10.5 Å². The number of nitrogens with one attached hydrogen (secondary N) is 1. The van der Waals surface area contributed by atoms with Crippen LogP contribution < -0.4 is 11.1 Å². The van der Waals surface area contributed by atoms with Gasteiger partial charge in [0.1, 0.15) is 0 Å².